The van der Waals surface area contributed by atoms with Crippen LogP contribution in [0.3, 0.4) is 0 Å². The molecule has 0 aliphatic heterocycles. The monoisotopic (exact) mass is 520 g/mol. The van der Waals surface area contributed by atoms with E-state index in [0.717, 1.165) is 36.8 Å². The van der Waals surface area contributed by atoms with Crippen molar-refractivity contribution in [1.82, 2.24) is 10.2 Å². The smallest absolute Gasteiger partial charge is 0.261 e. The summed E-state index contributed by atoms with van der Waals surface area (Å²) in [6, 6.07) is 12.7. The van der Waals surface area contributed by atoms with Crippen molar-refractivity contribution in [2.45, 2.75) is 64.6 Å². The molecular weight excluding hydrogens is 492 g/mol. The van der Waals surface area contributed by atoms with Crippen LogP contribution in [-0.2, 0) is 16.1 Å². The molecule has 1 aliphatic carbocycles. The largest absolute Gasteiger partial charge is 0.483 e. The van der Waals surface area contributed by atoms with Gasteiger partial charge in [0, 0.05) is 17.6 Å². The summed E-state index contributed by atoms with van der Waals surface area (Å²) in [7, 11) is 0. The summed E-state index contributed by atoms with van der Waals surface area (Å²) in [5.41, 5.74) is 2.08. The zero-order chi connectivity index (χ0) is 23.1. The maximum Gasteiger partial charge on any atom is 0.261 e. The SMILES string of the molecule is Cc1cccc(CN(C(=O)COc2ccc(Cl)cc2Br)[C@@H](C)C(=O)NC2CCCCC2)c1. The Kier molecular flexibility index (Phi) is 9.00. The Balaban J connectivity index is 1.72. The lowest BCUT2D eigenvalue weighted by atomic mass is 9.95. The van der Waals surface area contributed by atoms with E-state index in [4.69, 9.17) is 16.3 Å². The second kappa shape index (κ2) is 11.7. The lowest BCUT2D eigenvalue weighted by Gasteiger charge is -2.31. The lowest BCUT2D eigenvalue weighted by Crippen LogP contribution is -2.51. The molecule has 1 saturated carbocycles. The summed E-state index contributed by atoms with van der Waals surface area (Å²) >= 11 is 9.39. The van der Waals surface area contributed by atoms with Gasteiger partial charge in [-0.3, -0.25) is 9.59 Å². The molecule has 0 unspecified atom stereocenters. The third kappa shape index (κ3) is 6.97. The first-order chi connectivity index (χ1) is 15.3. The van der Waals surface area contributed by atoms with Crippen LogP contribution in [-0.4, -0.2) is 35.4 Å². The quantitative estimate of drug-likeness (QED) is 0.488. The number of carbonyl (C=O) groups excluding carboxylic acids is 2. The number of benzene rings is 2. The zero-order valence-corrected chi connectivity index (χ0v) is 20.9. The second-order valence-corrected chi connectivity index (χ2v) is 9.68. The van der Waals surface area contributed by atoms with Crippen LogP contribution in [0.25, 0.3) is 0 Å². The van der Waals surface area contributed by atoms with Crippen LogP contribution in [0.4, 0.5) is 0 Å². The molecule has 1 fully saturated rings. The summed E-state index contributed by atoms with van der Waals surface area (Å²) in [5, 5.41) is 3.72. The predicted octanol–water partition coefficient (Wildman–Crippen LogP) is 5.66. The maximum absolute atomic E-state index is 13.2. The molecule has 0 radical (unpaired) electrons. The molecule has 1 atom stereocenters. The first-order valence-electron chi connectivity index (χ1n) is 11.1. The van der Waals surface area contributed by atoms with Crippen LogP contribution in [0.15, 0.2) is 46.9 Å². The van der Waals surface area contributed by atoms with E-state index in [2.05, 4.69) is 21.2 Å². The Morgan fingerprint density at radius 3 is 2.62 bits per heavy atom. The number of amides is 2. The number of rotatable bonds is 8. The molecule has 0 saturated heterocycles. The van der Waals surface area contributed by atoms with E-state index in [0.29, 0.717) is 21.8 Å². The van der Waals surface area contributed by atoms with Crippen LogP contribution in [0.5, 0.6) is 5.75 Å². The molecule has 1 aliphatic rings. The first-order valence-corrected chi connectivity index (χ1v) is 12.2. The average Bonchev–Trinajstić information content (AvgIpc) is 2.77. The highest BCUT2D eigenvalue weighted by molar-refractivity contribution is 9.10. The van der Waals surface area contributed by atoms with Gasteiger partial charge in [-0.1, -0.05) is 60.7 Å². The number of nitrogens with one attached hydrogen (secondary N) is 1. The van der Waals surface area contributed by atoms with Gasteiger partial charge in [0.25, 0.3) is 5.91 Å². The molecule has 1 N–H and O–H groups in total. The lowest BCUT2D eigenvalue weighted by molar-refractivity contribution is -0.142. The number of hydrogen-bond donors (Lipinski definition) is 1. The van der Waals surface area contributed by atoms with Crippen LogP contribution >= 0.6 is 27.5 Å². The van der Waals surface area contributed by atoms with Crippen LogP contribution in [0.2, 0.25) is 5.02 Å². The van der Waals surface area contributed by atoms with Crippen molar-refractivity contribution in [3.05, 3.63) is 63.1 Å². The molecule has 0 heterocycles. The van der Waals surface area contributed by atoms with Gasteiger partial charge in [0.1, 0.15) is 11.8 Å². The Morgan fingerprint density at radius 1 is 1.19 bits per heavy atom. The minimum absolute atomic E-state index is 0.120. The highest BCUT2D eigenvalue weighted by Crippen LogP contribution is 2.28. The highest BCUT2D eigenvalue weighted by atomic mass is 79.9. The third-order valence-electron chi connectivity index (χ3n) is 5.80. The molecule has 5 nitrogen and oxygen atoms in total. The van der Waals surface area contributed by atoms with E-state index in [9.17, 15) is 9.59 Å². The summed E-state index contributed by atoms with van der Waals surface area (Å²) in [5.74, 6) is 0.155. The second-order valence-electron chi connectivity index (χ2n) is 8.39. The molecular formula is C25H30BrClN2O3. The number of halogens is 2. The van der Waals surface area contributed by atoms with Crippen molar-refractivity contribution in [3.8, 4) is 5.75 Å². The molecule has 2 amide bonds. The van der Waals surface area contributed by atoms with Gasteiger partial charge >= 0.3 is 0 Å². The van der Waals surface area contributed by atoms with Crippen molar-refractivity contribution in [1.29, 1.82) is 0 Å². The third-order valence-corrected chi connectivity index (χ3v) is 6.65. The van der Waals surface area contributed by atoms with Crippen molar-refractivity contribution >= 4 is 39.3 Å². The number of carbonyl (C=O) groups is 2. The molecule has 2 aromatic rings. The maximum atomic E-state index is 13.2. The van der Waals surface area contributed by atoms with Gasteiger partial charge in [0.05, 0.1) is 4.47 Å². The molecule has 32 heavy (non-hydrogen) atoms. The Morgan fingerprint density at radius 2 is 1.94 bits per heavy atom. The molecule has 3 rings (SSSR count). The van der Waals surface area contributed by atoms with Crippen LogP contribution < -0.4 is 10.1 Å². The van der Waals surface area contributed by atoms with E-state index in [1.54, 1.807) is 30.0 Å². The molecule has 0 spiro atoms. The number of nitrogens with zero attached hydrogens (tertiary/aromatic N) is 1. The Bertz CT molecular complexity index is 947. The van der Waals surface area contributed by atoms with Gasteiger partial charge < -0.3 is 15.0 Å². The fraction of sp³-hybridized carbons (Fsp3) is 0.440. The minimum Gasteiger partial charge on any atom is -0.483 e. The summed E-state index contributed by atoms with van der Waals surface area (Å²) in [6.07, 6.45) is 5.48. The average molecular weight is 522 g/mol. The Labute approximate surface area is 203 Å². The minimum atomic E-state index is -0.609. The van der Waals surface area contributed by atoms with Crippen molar-refractivity contribution < 1.29 is 14.3 Å². The summed E-state index contributed by atoms with van der Waals surface area (Å²) in [4.78, 5) is 27.8. The van der Waals surface area contributed by atoms with E-state index in [1.807, 2.05) is 31.2 Å². The number of hydrogen-bond acceptors (Lipinski definition) is 3. The number of aryl methyl sites for hydroxylation is 1. The van der Waals surface area contributed by atoms with E-state index >= 15 is 0 Å². The van der Waals surface area contributed by atoms with Gasteiger partial charge in [0.15, 0.2) is 6.61 Å². The van der Waals surface area contributed by atoms with Gasteiger partial charge in [-0.15, -0.1) is 0 Å². The summed E-state index contributed by atoms with van der Waals surface area (Å²) < 4.78 is 6.42. The fourth-order valence-electron chi connectivity index (χ4n) is 3.97. The normalized spacial score (nSPS) is 15.1. The predicted molar refractivity (Wildman–Crippen MR) is 131 cm³/mol. The Hall–Kier alpha value is -2.05. The van der Waals surface area contributed by atoms with Crippen LogP contribution in [0, 0.1) is 6.92 Å². The standard InChI is InChI=1S/C25H30BrClN2O3/c1-17-7-6-8-19(13-17)15-29(18(2)25(31)28-21-9-4-3-5-10-21)24(30)16-32-23-12-11-20(27)14-22(23)26/h6-8,11-14,18,21H,3-5,9-10,15-16H2,1-2H3,(H,28,31)/t18-/m0/s1. The molecule has 7 heteroatoms. The van der Waals surface area contributed by atoms with E-state index in [-0.39, 0.29) is 24.5 Å². The van der Waals surface area contributed by atoms with Gasteiger partial charge in [-0.05, 0) is 66.4 Å². The van der Waals surface area contributed by atoms with E-state index < -0.39 is 6.04 Å². The fourth-order valence-corrected chi connectivity index (χ4v) is 4.77. The molecule has 2 aromatic carbocycles. The van der Waals surface area contributed by atoms with Gasteiger partial charge in [-0.2, -0.15) is 0 Å². The van der Waals surface area contributed by atoms with Gasteiger partial charge in [0.2, 0.25) is 5.91 Å². The van der Waals surface area contributed by atoms with Crippen LogP contribution in [0.1, 0.15) is 50.2 Å². The molecule has 0 aromatic heterocycles. The van der Waals surface area contributed by atoms with Crippen molar-refractivity contribution in [2.24, 2.45) is 0 Å². The highest BCUT2D eigenvalue weighted by Gasteiger charge is 2.28. The molecule has 0 bridgehead atoms. The zero-order valence-electron chi connectivity index (χ0n) is 18.6. The van der Waals surface area contributed by atoms with E-state index in [1.165, 1.54) is 6.42 Å². The van der Waals surface area contributed by atoms with Crippen molar-refractivity contribution in [2.75, 3.05) is 6.61 Å². The first kappa shape index (κ1) is 24.6. The topological polar surface area (TPSA) is 58.6 Å². The number of ether oxygens (including phenoxy) is 1. The van der Waals surface area contributed by atoms with Crippen molar-refractivity contribution in [3.63, 3.8) is 0 Å². The summed E-state index contributed by atoms with van der Waals surface area (Å²) in [6.45, 7) is 3.96. The molecule has 172 valence electrons. The van der Waals surface area contributed by atoms with Gasteiger partial charge in [-0.25, -0.2) is 0 Å².